The Morgan fingerprint density at radius 3 is 3.04 bits per heavy atom. The lowest BCUT2D eigenvalue weighted by Crippen LogP contribution is -2.38. The molecule has 0 saturated carbocycles. The Hall–Kier alpha value is -2.63. The van der Waals surface area contributed by atoms with Crippen LogP contribution in [0.25, 0.3) is 0 Å². The molecule has 3 rings (SSSR count). The highest BCUT2D eigenvalue weighted by Crippen LogP contribution is 2.20. The summed E-state index contributed by atoms with van der Waals surface area (Å²) in [5, 5.41) is 9.13. The van der Waals surface area contributed by atoms with Gasteiger partial charge in [0.25, 0.3) is 0 Å². The number of fused-ring (bicyclic) bond motifs is 1. The molecule has 0 spiro atoms. The summed E-state index contributed by atoms with van der Waals surface area (Å²) in [5.41, 5.74) is 3.10. The van der Waals surface area contributed by atoms with Crippen LogP contribution < -0.4 is 16.0 Å². The summed E-state index contributed by atoms with van der Waals surface area (Å²) >= 11 is 0. The minimum Gasteiger partial charge on any atom is -0.370 e. The molecule has 1 atom stereocenters. The Bertz CT molecular complexity index is 781. The number of anilines is 1. The number of carbonyl (C=O) groups excluding carboxylic acids is 1. The molecule has 0 unspecified atom stereocenters. The Kier molecular flexibility index (Phi) is 6.63. The van der Waals surface area contributed by atoms with E-state index < -0.39 is 0 Å². The third-order valence-corrected chi connectivity index (χ3v) is 4.81. The van der Waals surface area contributed by atoms with E-state index in [-0.39, 0.29) is 17.9 Å². The second-order valence-electron chi connectivity index (χ2n) is 6.86. The average molecular weight is 370 g/mol. The molecule has 0 radical (unpaired) electrons. The van der Waals surface area contributed by atoms with E-state index in [9.17, 15) is 9.18 Å². The zero-order valence-corrected chi connectivity index (χ0v) is 15.7. The van der Waals surface area contributed by atoms with Gasteiger partial charge in [0.05, 0.1) is 6.04 Å². The molecule has 144 valence electrons. The van der Waals surface area contributed by atoms with Crippen LogP contribution in [0, 0.1) is 5.82 Å². The molecule has 3 N–H and O–H groups in total. The Balaban J connectivity index is 1.42. The second kappa shape index (κ2) is 9.35. The molecule has 0 bridgehead atoms. The number of urea groups is 1. The third kappa shape index (κ3) is 5.42. The molecular weight excluding hydrogens is 343 g/mol. The molecule has 5 nitrogen and oxygen atoms in total. The van der Waals surface area contributed by atoms with E-state index in [2.05, 4.69) is 33.1 Å². The molecule has 0 saturated heterocycles. The van der Waals surface area contributed by atoms with E-state index in [0.29, 0.717) is 13.0 Å². The van der Waals surface area contributed by atoms with Crippen LogP contribution in [0.15, 0.2) is 36.4 Å². The maximum absolute atomic E-state index is 13.4. The first kappa shape index (κ1) is 19.1. The van der Waals surface area contributed by atoms with Gasteiger partial charge in [0.1, 0.15) is 11.6 Å². The van der Waals surface area contributed by atoms with Crippen molar-refractivity contribution in [3.63, 3.8) is 0 Å². The number of nitrogens with one attached hydrogen (secondary N) is 3. The van der Waals surface area contributed by atoms with Crippen molar-refractivity contribution in [2.75, 3.05) is 18.4 Å². The van der Waals surface area contributed by atoms with E-state index in [4.69, 9.17) is 0 Å². The van der Waals surface area contributed by atoms with E-state index >= 15 is 0 Å². The van der Waals surface area contributed by atoms with Crippen molar-refractivity contribution in [1.82, 2.24) is 15.6 Å². The molecule has 2 aromatic rings. The second-order valence-corrected chi connectivity index (χ2v) is 6.86. The Labute approximate surface area is 159 Å². The van der Waals surface area contributed by atoms with Crippen LogP contribution in [-0.2, 0) is 12.8 Å². The van der Waals surface area contributed by atoms with Gasteiger partial charge in [-0.2, -0.15) is 0 Å². The van der Waals surface area contributed by atoms with Crippen molar-refractivity contribution in [3.8, 4) is 0 Å². The molecule has 0 fully saturated rings. The van der Waals surface area contributed by atoms with Crippen LogP contribution in [-0.4, -0.2) is 24.1 Å². The fourth-order valence-corrected chi connectivity index (χ4v) is 3.33. The van der Waals surface area contributed by atoms with Crippen molar-refractivity contribution in [1.29, 1.82) is 0 Å². The van der Waals surface area contributed by atoms with Crippen molar-refractivity contribution in [2.45, 2.75) is 45.1 Å². The number of pyridine rings is 1. The Morgan fingerprint density at radius 2 is 2.22 bits per heavy atom. The third-order valence-electron chi connectivity index (χ3n) is 4.81. The monoisotopic (exact) mass is 370 g/mol. The maximum Gasteiger partial charge on any atom is 0.315 e. The van der Waals surface area contributed by atoms with Crippen LogP contribution in [0.1, 0.15) is 49.0 Å². The number of aromatic nitrogens is 1. The summed E-state index contributed by atoms with van der Waals surface area (Å²) in [6, 6.07) is 10.1. The van der Waals surface area contributed by atoms with Gasteiger partial charge in [-0.15, -0.1) is 0 Å². The molecule has 0 aliphatic carbocycles. The lowest BCUT2D eigenvalue weighted by Gasteiger charge is -2.18. The highest BCUT2D eigenvalue weighted by atomic mass is 19.1. The first-order valence-electron chi connectivity index (χ1n) is 9.68. The summed E-state index contributed by atoms with van der Waals surface area (Å²) in [7, 11) is 0. The summed E-state index contributed by atoms with van der Waals surface area (Å²) in [4.78, 5) is 16.8. The molecule has 2 amide bonds. The van der Waals surface area contributed by atoms with Crippen LogP contribution >= 0.6 is 0 Å². The van der Waals surface area contributed by atoms with Gasteiger partial charge < -0.3 is 16.0 Å². The van der Waals surface area contributed by atoms with Gasteiger partial charge >= 0.3 is 6.03 Å². The lowest BCUT2D eigenvalue weighted by molar-refractivity contribution is 0.236. The summed E-state index contributed by atoms with van der Waals surface area (Å²) < 4.78 is 13.4. The van der Waals surface area contributed by atoms with Crippen molar-refractivity contribution in [3.05, 3.63) is 59.0 Å². The molecule has 1 aliphatic rings. The number of nitrogens with zero attached hydrogens (tertiary/aromatic N) is 1. The van der Waals surface area contributed by atoms with Crippen LogP contribution in [0.2, 0.25) is 0 Å². The fraction of sp³-hybridized carbons (Fsp3) is 0.429. The molecule has 1 aromatic heterocycles. The van der Waals surface area contributed by atoms with Crippen molar-refractivity contribution in [2.24, 2.45) is 0 Å². The maximum atomic E-state index is 13.4. The predicted molar refractivity (Wildman–Crippen MR) is 105 cm³/mol. The number of aryl methyl sites for hydroxylation is 2. The summed E-state index contributed by atoms with van der Waals surface area (Å²) in [6.07, 6.45) is 4.57. The van der Waals surface area contributed by atoms with Gasteiger partial charge in [0.2, 0.25) is 0 Å². The first-order valence-corrected chi connectivity index (χ1v) is 9.68. The molecule has 27 heavy (non-hydrogen) atoms. The summed E-state index contributed by atoms with van der Waals surface area (Å²) in [5.74, 6) is 0.713. The minimum absolute atomic E-state index is 0.200. The number of benzene rings is 1. The smallest absolute Gasteiger partial charge is 0.315 e. The first-order chi connectivity index (χ1) is 13.2. The molecular formula is C21H27FN4O. The van der Waals surface area contributed by atoms with Gasteiger partial charge in [0.15, 0.2) is 0 Å². The highest BCUT2D eigenvalue weighted by Gasteiger charge is 2.13. The van der Waals surface area contributed by atoms with Gasteiger partial charge in [0, 0.05) is 18.8 Å². The molecule has 1 aromatic carbocycles. The standard InChI is InChI=1S/C21H27FN4O/c1-2-19(16-6-3-8-17(22)14-16)26-21(27)24-13-5-9-18-11-10-15-7-4-12-23-20(15)25-18/h3,6,8,10-11,14,19H,2,4-5,7,9,12-13H2,1H3,(H,23,25)(H2,24,26,27)/t19-/m0/s1. The van der Waals surface area contributed by atoms with E-state index in [0.717, 1.165) is 49.3 Å². The number of amides is 2. The lowest BCUT2D eigenvalue weighted by atomic mass is 10.0. The quantitative estimate of drug-likeness (QED) is 0.646. The van der Waals surface area contributed by atoms with E-state index in [1.54, 1.807) is 6.07 Å². The number of halogens is 1. The van der Waals surface area contributed by atoms with Gasteiger partial charge in [-0.25, -0.2) is 14.2 Å². The molecule has 1 aliphatic heterocycles. The fourth-order valence-electron chi connectivity index (χ4n) is 3.33. The SMILES string of the molecule is CC[C@H](NC(=O)NCCCc1ccc2c(n1)NCCC2)c1cccc(F)c1. The molecule has 2 heterocycles. The van der Waals surface area contributed by atoms with Crippen molar-refractivity contribution >= 4 is 11.8 Å². The van der Waals surface area contributed by atoms with Gasteiger partial charge in [-0.3, -0.25) is 0 Å². The zero-order valence-electron chi connectivity index (χ0n) is 15.7. The zero-order chi connectivity index (χ0) is 19.1. The van der Waals surface area contributed by atoms with Crippen LogP contribution in [0.4, 0.5) is 15.0 Å². The highest BCUT2D eigenvalue weighted by molar-refractivity contribution is 5.74. The molecule has 6 heteroatoms. The van der Waals surface area contributed by atoms with E-state index in [1.807, 2.05) is 13.0 Å². The van der Waals surface area contributed by atoms with Crippen molar-refractivity contribution < 1.29 is 9.18 Å². The largest absolute Gasteiger partial charge is 0.370 e. The van der Waals surface area contributed by atoms with Gasteiger partial charge in [-0.1, -0.05) is 25.1 Å². The van der Waals surface area contributed by atoms with Crippen LogP contribution in [0.5, 0.6) is 0 Å². The number of hydrogen-bond donors (Lipinski definition) is 3. The predicted octanol–water partition coefficient (Wildman–Crippen LogP) is 3.96. The Morgan fingerprint density at radius 1 is 1.33 bits per heavy atom. The normalized spacial score (nSPS) is 14.0. The number of hydrogen-bond acceptors (Lipinski definition) is 3. The number of carbonyl (C=O) groups is 1. The number of rotatable bonds is 7. The average Bonchev–Trinajstić information content (AvgIpc) is 2.69. The van der Waals surface area contributed by atoms with E-state index in [1.165, 1.54) is 17.7 Å². The minimum atomic E-state index is -0.291. The topological polar surface area (TPSA) is 66.0 Å². The van der Waals surface area contributed by atoms with Crippen LogP contribution in [0.3, 0.4) is 0 Å². The summed E-state index contributed by atoms with van der Waals surface area (Å²) in [6.45, 7) is 3.51. The van der Waals surface area contributed by atoms with Gasteiger partial charge in [-0.05, 0) is 61.4 Å².